The molecule has 0 spiro atoms. The molecular formula is C20H24ClN3O2. The topological polar surface area (TPSA) is 75.1 Å². The van der Waals surface area contributed by atoms with Crippen molar-refractivity contribution in [3.8, 4) is 0 Å². The Bertz CT molecular complexity index is 792. The van der Waals surface area contributed by atoms with Crippen LogP contribution >= 0.6 is 11.6 Å². The molecule has 2 N–H and O–H groups in total. The maximum atomic E-state index is 12.6. The van der Waals surface area contributed by atoms with E-state index in [4.69, 9.17) is 11.6 Å². The standard InChI is InChI=1S/C20H24ClN3O2/c1-12-7-8-14(11-22-12)9-15-10-17(23-13(2)19(15)21)20(26)24-16-5-3-4-6-18(16)25/h7-8,10-11,16,18,25H,3-6,9H2,1-2H3,(H,24,26)/t16-,18-/m0/s1. The van der Waals surface area contributed by atoms with Crippen LogP contribution in [0.5, 0.6) is 0 Å². The lowest BCUT2D eigenvalue weighted by Crippen LogP contribution is -2.45. The summed E-state index contributed by atoms with van der Waals surface area (Å²) in [6, 6.07) is 5.49. The zero-order valence-corrected chi connectivity index (χ0v) is 15.9. The Morgan fingerprint density at radius 1 is 1.31 bits per heavy atom. The van der Waals surface area contributed by atoms with Crippen molar-refractivity contribution in [2.45, 2.75) is 58.1 Å². The summed E-state index contributed by atoms with van der Waals surface area (Å²) in [6.45, 7) is 3.74. The second kappa shape index (κ2) is 8.14. The van der Waals surface area contributed by atoms with Crippen LogP contribution in [0.3, 0.4) is 0 Å². The lowest BCUT2D eigenvalue weighted by molar-refractivity contribution is 0.0713. The monoisotopic (exact) mass is 373 g/mol. The summed E-state index contributed by atoms with van der Waals surface area (Å²) in [5, 5.41) is 13.6. The highest BCUT2D eigenvalue weighted by atomic mass is 35.5. The fourth-order valence-corrected chi connectivity index (χ4v) is 3.48. The van der Waals surface area contributed by atoms with Crippen molar-refractivity contribution in [1.29, 1.82) is 0 Å². The molecule has 0 saturated heterocycles. The number of rotatable bonds is 4. The minimum absolute atomic E-state index is 0.209. The minimum Gasteiger partial charge on any atom is -0.391 e. The number of nitrogens with zero attached hydrogens (tertiary/aromatic N) is 2. The first-order chi connectivity index (χ1) is 12.4. The van der Waals surface area contributed by atoms with E-state index in [-0.39, 0.29) is 11.9 Å². The Labute approximate surface area is 158 Å². The second-order valence-corrected chi connectivity index (χ2v) is 7.36. The summed E-state index contributed by atoms with van der Waals surface area (Å²) in [4.78, 5) is 21.3. The highest BCUT2D eigenvalue weighted by Gasteiger charge is 2.25. The molecule has 26 heavy (non-hydrogen) atoms. The maximum absolute atomic E-state index is 12.6. The van der Waals surface area contributed by atoms with Gasteiger partial charge in [0.05, 0.1) is 22.9 Å². The first-order valence-corrected chi connectivity index (χ1v) is 9.38. The molecule has 0 aromatic carbocycles. The maximum Gasteiger partial charge on any atom is 0.270 e. The minimum atomic E-state index is -0.487. The average molecular weight is 374 g/mol. The van der Waals surface area contributed by atoms with Gasteiger partial charge < -0.3 is 10.4 Å². The van der Waals surface area contributed by atoms with Crippen molar-refractivity contribution >= 4 is 17.5 Å². The molecule has 0 unspecified atom stereocenters. The van der Waals surface area contributed by atoms with E-state index in [1.165, 1.54) is 0 Å². The van der Waals surface area contributed by atoms with Crippen molar-refractivity contribution in [1.82, 2.24) is 15.3 Å². The number of aryl methyl sites for hydroxylation is 2. The van der Waals surface area contributed by atoms with Crippen LogP contribution in [0.2, 0.25) is 5.02 Å². The van der Waals surface area contributed by atoms with Crippen LogP contribution in [-0.2, 0) is 6.42 Å². The Balaban J connectivity index is 1.80. The number of carbonyl (C=O) groups excluding carboxylic acids is 1. The van der Waals surface area contributed by atoms with Gasteiger partial charge in [0, 0.05) is 18.3 Å². The summed E-state index contributed by atoms with van der Waals surface area (Å²) in [6.07, 6.45) is 5.45. The van der Waals surface area contributed by atoms with Gasteiger partial charge in [-0.1, -0.05) is 30.5 Å². The lowest BCUT2D eigenvalue weighted by atomic mass is 9.92. The predicted molar refractivity (Wildman–Crippen MR) is 101 cm³/mol. The van der Waals surface area contributed by atoms with Gasteiger partial charge in [0.1, 0.15) is 5.69 Å². The number of pyridine rings is 2. The van der Waals surface area contributed by atoms with Crippen molar-refractivity contribution in [2.24, 2.45) is 0 Å². The third-order valence-corrected chi connectivity index (χ3v) is 5.36. The Morgan fingerprint density at radius 3 is 2.77 bits per heavy atom. The number of hydrogen-bond acceptors (Lipinski definition) is 4. The van der Waals surface area contributed by atoms with Crippen molar-refractivity contribution < 1.29 is 9.90 Å². The fourth-order valence-electron chi connectivity index (χ4n) is 3.31. The Hall–Kier alpha value is -1.98. The molecule has 1 amide bonds. The SMILES string of the molecule is Cc1ccc(Cc2cc(C(=O)N[C@H]3CCCC[C@@H]3O)nc(C)c2Cl)cn1. The molecule has 1 aliphatic rings. The van der Waals surface area contributed by atoms with E-state index < -0.39 is 6.10 Å². The van der Waals surface area contributed by atoms with Crippen LogP contribution in [0, 0.1) is 13.8 Å². The van der Waals surface area contributed by atoms with E-state index in [1.807, 2.05) is 25.3 Å². The molecular weight excluding hydrogens is 350 g/mol. The van der Waals surface area contributed by atoms with Gasteiger partial charge in [-0.25, -0.2) is 4.98 Å². The van der Waals surface area contributed by atoms with Gasteiger partial charge >= 0.3 is 0 Å². The molecule has 2 atom stereocenters. The van der Waals surface area contributed by atoms with E-state index in [1.54, 1.807) is 13.0 Å². The van der Waals surface area contributed by atoms with Gasteiger partial charge in [0.25, 0.3) is 5.91 Å². The molecule has 1 aliphatic carbocycles. The highest BCUT2D eigenvalue weighted by Crippen LogP contribution is 2.24. The summed E-state index contributed by atoms with van der Waals surface area (Å²) in [5.74, 6) is -0.265. The predicted octanol–water partition coefficient (Wildman–Crippen LogP) is 3.37. The third kappa shape index (κ3) is 4.40. The van der Waals surface area contributed by atoms with Crippen LogP contribution in [0.25, 0.3) is 0 Å². The first-order valence-electron chi connectivity index (χ1n) is 9.00. The van der Waals surface area contributed by atoms with Crippen LogP contribution in [0.1, 0.15) is 58.7 Å². The van der Waals surface area contributed by atoms with E-state index >= 15 is 0 Å². The number of aliphatic hydroxyl groups excluding tert-OH is 1. The van der Waals surface area contributed by atoms with E-state index in [0.29, 0.717) is 22.8 Å². The van der Waals surface area contributed by atoms with Crippen LogP contribution in [0.4, 0.5) is 0 Å². The number of carbonyl (C=O) groups is 1. The zero-order valence-electron chi connectivity index (χ0n) is 15.1. The number of nitrogens with one attached hydrogen (secondary N) is 1. The summed E-state index contributed by atoms with van der Waals surface area (Å²) in [7, 11) is 0. The number of aromatic nitrogens is 2. The molecule has 0 aliphatic heterocycles. The van der Waals surface area contributed by atoms with Gasteiger partial charge in [0.15, 0.2) is 0 Å². The number of halogens is 1. The summed E-state index contributed by atoms with van der Waals surface area (Å²) in [5.41, 5.74) is 3.78. The molecule has 2 aromatic rings. The smallest absolute Gasteiger partial charge is 0.270 e. The molecule has 0 radical (unpaired) electrons. The molecule has 0 bridgehead atoms. The normalized spacial score (nSPS) is 20.0. The largest absolute Gasteiger partial charge is 0.391 e. The van der Waals surface area contributed by atoms with Gasteiger partial charge in [-0.15, -0.1) is 0 Å². The zero-order chi connectivity index (χ0) is 18.7. The summed E-state index contributed by atoms with van der Waals surface area (Å²) >= 11 is 6.41. The fraction of sp³-hybridized carbons (Fsp3) is 0.450. The number of aliphatic hydroxyl groups is 1. The summed E-state index contributed by atoms with van der Waals surface area (Å²) < 4.78 is 0. The van der Waals surface area contributed by atoms with Crippen molar-refractivity contribution in [3.05, 3.63) is 57.6 Å². The first kappa shape index (κ1) is 18.8. The van der Waals surface area contributed by atoms with Gasteiger partial charge in [-0.05, 0) is 49.9 Å². The molecule has 6 heteroatoms. The molecule has 3 rings (SSSR count). The Morgan fingerprint density at radius 2 is 2.08 bits per heavy atom. The highest BCUT2D eigenvalue weighted by molar-refractivity contribution is 6.32. The van der Waals surface area contributed by atoms with Crippen LogP contribution < -0.4 is 5.32 Å². The van der Waals surface area contributed by atoms with Gasteiger partial charge in [-0.3, -0.25) is 9.78 Å². The molecule has 1 saturated carbocycles. The average Bonchev–Trinajstić information content (AvgIpc) is 2.62. The van der Waals surface area contributed by atoms with Crippen molar-refractivity contribution in [3.63, 3.8) is 0 Å². The van der Waals surface area contributed by atoms with E-state index in [2.05, 4.69) is 15.3 Å². The molecule has 1 fully saturated rings. The molecule has 138 valence electrons. The third-order valence-electron chi connectivity index (χ3n) is 4.84. The van der Waals surface area contributed by atoms with Crippen LogP contribution in [-0.4, -0.2) is 33.1 Å². The van der Waals surface area contributed by atoms with Gasteiger partial charge in [0.2, 0.25) is 0 Å². The van der Waals surface area contributed by atoms with E-state index in [0.717, 1.165) is 42.5 Å². The van der Waals surface area contributed by atoms with Crippen molar-refractivity contribution in [2.75, 3.05) is 0 Å². The molecule has 5 nitrogen and oxygen atoms in total. The van der Waals surface area contributed by atoms with Crippen LogP contribution in [0.15, 0.2) is 24.4 Å². The second-order valence-electron chi connectivity index (χ2n) is 6.98. The number of hydrogen-bond donors (Lipinski definition) is 2. The Kier molecular flexibility index (Phi) is 5.89. The van der Waals surface area contributed by atoms with Gasteiger partial charge in [-0.2, -0.15) is 0 Å². The molecule has 2 aromatic heterocycles. The lowest BCUT2D eigenvalue weighted by Gasteiger charge is -2.28. The molecule has 2 heterocycles. The quantitative estimate of drug-likeness (QED) is 0.861. The number of amides is 1. The van der Waals surface area contributed by atoms with E-state index in [9.17, 15) is 9.90 Å².